The number of likely N-dealkylation sites (tertiary alicyclic amines) is 1. The molecule has 3 aromatic heterocycles. The van der Waals surface area contributed by atoms with Gasteiger partial charge in [0.1, 0.15) is 16.5 Å². The Kier molecular flexibility index (Phi) is 5.23. The summed E-state index contributed by atoms with van der Waals surface area (Å²) in [7, 11) is 0. The van der Waals surface area contributed by atoms with Crippen molar-refractivity contribution in [3.63, 3.8) is 0 Å². The average Bonchev–Trinajstić information content (AvgIpc) is 3.12. The lowest BCUT2D eigenvalue weighted by Crippen LogP contribution is -2.30. The van der Waals surface area contributed by atoms with Gasteiger partial charge in [-0.05, 0) is 69.3 Å². The number of nitrogens with one attached hydrogen (secondary N) is 1. The maximum Gasteiger partial charge on any atom is 0.146 e. The molecule has 146 valence electrons. The number of piperidine rings is 1. The number of hydrogen-bond acceptors (Lipinski definition) is 6. The van der Waals surface area contributed by atoms with E-state index in [0.717, 1.165) is 35.1 Å². The van der Waals surface area contributed by atoms with Crippen molar-refractivity contribution in [2.45, 2.75) is 58.0 Å². The molecule has 28 heavy (non-hydrogen) atoms. The number of thiophene rings is 1. The van der Waals surface area contributed by atoms with Crippen LogP contribution in [0, 0.1) is 0 Å². The summed E-state index contributed by atoms with van der Waals surface area (Å²) < 4.78 is 0. The van der Waals surface area contributed by atoms with Crippen molar-refractivity contribution in [1.82, 2.24) is 19.9 Å². The summed E-state index contributed by atoms with van der Waals surface area (Å²) in [6.45, 7) is 3.88. The normalized spacial score (nSPS) is 17.6. The van der Waals surface area contributed by atoms with Gasteiger partial charge in [0.25, 0.3) is 0 Å². The summed E-state index contributed by atoms with van der Waals surface area (Å²) in [4.78, 5) is 19.6. The highest BCUT2D eigenvalue weighted by Crippen LogP contribution is 2.38. The van der Waals surface area contributed by atoms with Crippen LogP contribution in [0.1, 0.15) is 54.1 Å². The summed E-state index contributed by atoms with van der Waals surface area (Å²) in [6, 6.07) is 6.05. The molecule has 1 fully saturated rings. The highest BCUT2D eigenvalue weighted by atomic mass is 32.1. The van der Waals surface area contributed by atoms with Crippen molar-refractivity contribution in [3.05, 3.63) is 46.4 Å². The van der Waals surface area contributed by atoms with Gasteiger partial charge < -0.3 is 5.32 Å². The summed E-state index contributed by atoms with van der Waals surface area (Å²) >= 11 is 1.89. The van der Waals surface area contributed by atoms with E-state index in [4.69, 9.17) is 9.97 Å². The Morgan fingerprint density at radius 1 is 1.00 bits per heavy atom. The highest BCUT2D eigenvalue weighted by molar-refractivity contribution is 7.19. The lowest BCUT2D eigenvalue weighted by molar-refractivity contribution is 0.216. The molecule has 1 aliphatic carbocycles. The highest BCUT2D eigenvalue weighted by Gasteiger charge is 2.22. The van der Waals surface area contributed by atoms with E-state index in [1.807, 2.05) is 29.7 Å². The SMILES string of the molecule is c1ccc(CNc2nc(CN3CCCCC3)nc3sc4c(c23)CCCC4)nc1. The molecule has 5 rings (SSSR count). The van der Waals surface area contributed by atoms with E-state index < -0.39 is 0 Å². The third-order valence-electron chi connectivity index (χ3n) is 5.84. The Balaban J connectivity index is 1.49. The van der Waals surface area contributed by atoms with Gasteiger partial charge in [-0.2, -0.15) is 0 Å². The molecule has 0 atom stereocenters. The molecule has 2 aliphatic rings. The van der Waals surface area contributed by atoms with Gasteiger partial charge in [0, 0.05) is 11.1 Å². The van der Waals surface area contributed by atoms with Gasteiger partial charge >= 0.3 is 0 Å². The first kappa shape index (κ1) is 18.0. The molecule has 6 heteroatoms. The lowest BCUT2D eigenvalue weighted by atomic mass is 9.97. The van der Waals surface area contributed by atoms with Crippen LogP contribution in [0.15, 0.2) is 24.4 Å². The van der Waals surface area contributed by atoms with Crippen LogP contribution in [0.5, 0.6) is 0 Å². The van der Waals surface area contributed by atoms with Crippen LogP contribution < -0.4 is 5.32 Å². The van der Waals surface area contributed by atoms with E-state index in [1.165, 1.54) is 67.4 Å². The fraction of sp³-hybridized carbons (Fsp3) is 0.500. The van der Waals surface area contributed by atoms with Crippen molar-refractivity contribution < 1.29 is 0 Å². The molecule has 1 aliphatic heterocycles. The van der Waals surface area contributed by atoms with Crippen molar-refractivity contribution in [3.8, 4) is 0 Å². The van der Waals surface area contributed by atoms with Gasteiger partial charge in [-0.25, -0.2) is 9.97 Å². The Morgan fingerprint density at radius 2 is 1.89 bits per heavy atom. The van der Waals surface area contributed by atoms with Gasteiger partial charge in [0.2, 0.25) is 0 Å². The number of anilines is 1. The molecular weight excluding hydrogens is 366 g/mol. The Hall–Kier alpha value is -2.05. The van der Waals surface area contributed by atoms with E-state index in [-0.39, 0.29) is 0 Å². The molecule has 0 spiro atoms. The minimum Gasteiger partial charge on any atom is -0.364 e. The maximum atomic E-state index is 5.01. The largest absolute Gasteiger partial charge is 0.364 e. The Morgan fingerprint density at radius 3 is 2.75 bits per heavy atom. The lowest BCUT2D eigenvalue weighted by Gasteiger charge is -2.25. The molecule has 3 aromatic rings. The fourth-order valence-electron chi connectivity index (χ4n) is 4.39. The standard InChI is InChI=1S/C22H27N5S/c1-6-12-27(13-7-1)15-19-25-21(24-14-16-8-4-5-11-23-16)20-17-9-2-3-10-18(17)28-22(20)26-19/h4-5,8,11H,1-3,6-7,9-10,12-15H2,(H,24,25,26). The van der Waals surface area contributed by atoms with Crippen LogP contribution >= 0.6 is 11.3 Å². The minimum absolute atomic E-state index is 0.695. The summed E-state index contributed by atoms with van der Waals surface area (Å²) in [5, 5.41) is 4.85. The molecule has 0 radical (unpaired) electrons. The molecule has 0 saturated carbocycles. The second-order valence-corrected chi connectivity index (χ2v) is 8.97. The average molecular weight is 394 g/mol. The maximum absolute atomic E-state index is 5.01. The second-order valence-electron chi connectivity index (χ2n) is 7.89. The number of fused-ring (bicyclic) bond motifs is 3. The Labute approximate surface area is 170 Å². The van der Waals surface area contributed by atoms with Gasteiger partial charge in [0.15, 0.2) is 0 Å². The summed E-state index contributed by atoms with van der Waals surface area (Å²) in [6.07, 6.45) is 10.7. The van der Waals surface area contributed by atoms with Crippen LogP contribution in [0.25, 0.3) is 10.2 Å². The molecule has 0 aromatic carbocycles. The van der Waals surface area contributed by atoms with Crippen molar-refractivity contribution in [2.75, 3.05) is 18.4 Å². The zero-order valence-corrected chi connectivity index (χ0v) is 17.1. The van der Waals surface area contributed by atoms with Crippen LogP contribution in [0.3, 0.4) is 0 Å². The quantitative estimate of drug-likeness (QED) is 0.688. The first-order chi connectivity index (χ1) is 13.9. The first-order valence-electron chi connectivity index (χ1n) is 10.5. The van der Waals surface area contributed by atoms with E-state index in [1.54, 1.807) is 0 Å². The van der Waals surface area contributed by atoms with E-state index in [9.17, 15) is 0 Å². The monoisotopic (exact) mass is 393 g/mol. The number of pyridine rings is 1. The van der Waals surface area contributed by atoms with Gasteiger partial charge in [0.05, 0.1) is 24.2 Å². The first-order valence-corrected chi connectivity index (χ1v) is 11.4. The molecule has 4 heterocycles. The van der Waals surface area contributed by atoms with Crippen molar-refractivity contribution in [2.24, 2.45) is 0 Å². The third kappa shape index (κ3) is 3.76. The van der Waals surface area contributed by atoms with Crippen LogP contribution in [0.2, 0.25) is 0 Å². The van der Waals surface area contributed by atoms with E-state index in [0.29, 0.717) is 6.54 Å². The number of rotatable bonds is 5. The van der Waals surface area contributed by atoms with Gasteiger partial charge in [-0.15, -0.1) is 11.3 Å². The van der Waals surface area contributed by atoms with Crippen LogP contribution in [-0.2, 0) is 25.9 Å². The van der Waals surface area contributed by atoms with Crippen molar-refractivity contribution >= 4 is 27.4 Å². The van der Waals surface area contributed by atoms with E-state index in [2.05, 4.69) is 21.3 Å². The predicted octanol–water partition coefficient (Wildman–Crippen LogP) is 4.56. The molecule has 0 bridgehead atoms. The number of aryl methyl sites for hydroxylation is 2. The molecule has 0 amide bonds. The van der Waals surface area contributed by atoms with Gasteiger partial charge in [-0.1, -0.05) is 12.5 Å². The third-order valence-corrected chi connectivity index (χ3v) is 7.02. The van der Waals surface area contributed by atoms with E-state index >= 15 is 0 Å². The molecule has 1 saturated heterocycles. The van der Waals surface area contributed by atoms with Crippen LogP contribution in [0.4, 0.5) is 5.82 Å². The summed E-state index contributed by atoms with van der Waals surface area (Å²) in [5.41, 5.74) is 2.52. The number of aromatic nitrogens is 3. The zero-order valence-electron chi connectivity index (χ0n) is 16.3. The number of hydrogen-bond donors (Lipinski definition) is 1. The molecule has 5 nitrogen and oxygen atoms in total. The second kappa shape index (κ2) is 8.13. The summed E-state index contributed by atoms with van der Waals surface area (Å²) in [5.74, 6) is 1.96. The zero-order chi connectivity index (χ0) is 18.8. The smallest absolute Gasteiger partial charge is 0.146 e. The molecule has 0 unspecified atom stereocenters. The van der Waals surface area contributed by atoms with Crippen molar-refractivity contribution in [1.29, 1.82) is 0 Å². The van der Waals surface area contributed by atoms with Gasteiger partial charge in [-0.3, -0.25) is 9.88 Å². The minimum atomic E-state index is 0.695. The Bertz CT molecular complexity index is 946. The molecular formula is C22H27N5S. The predicted molar refractivity (Wildman–Crippen MR) is 115 cm³/mol. The fourth-order valence-corrected chi connectivity index (χ4v) is 5.67. The molecule has 1 N–H and O–H groups in total. The topological polar surface area (TPSA) is 53.9 Å². The number of nitrogens with zero attached hydrogens (tertiary/aromatic N) is 4. The van der Waals surface area contributed by atoms with Crippen LogP contribution in [-0.4, -0.2) is 32.9 Å².